The molecular formula is C14H10ClO2+. The number of fused-ring (bicyclic) bond motifs is 3. The van der Waals surface area contributed by atoms with E-state index in [-0.39, 0.29) is 5.97 Å². The molecule has 2 nitrogen and oxygen atoms in total. The Kier molecular flexibility index (Phi) is 2.45. The zero-order valence-electron chi connectivity index (χ0n) is 9.02. The Hall–Kier alpha value is -1.67. The summed E-state index contributed by atoms with van der Waals surface area (Å²) in [7, 11) is 0. The first-order valence-electron chi connectivity index (χ1n) is 5.44. The van der Waals surface area contributed by atoms with Crippen LogP contribution in [0.2, 0.25) is 0 Å². The maximum absolute atomic E-state index is 11.5. The summed E-state index contributed by atoms with van der Waals surface area (Å²) in [6, 6.07) is 0. The first-order valence-corrected chi connectivity index (χ1v) is 5.87. The first-order chi connectivity index (χ1) is 8.25. The average Bonchev–Trinajstić information content (AvgIpc) is 2.52. The minimum atomic E-state index is -0.688. The molecule has 0 N–H and O–H groups in total. The van der Waals surface area contributed by atoms with E-state index in [1.54, 1.807) is 6.08 Å². The summed E-state index contributed by atoms with van der Waals surface area (Å²) in [4.78, 5) is 11.5. The SMILES string of the molecule is O=C1[O+]=C2/C=C\C=C3\C=CC=C/C(=C/2C1Cl)C3. The van der Waals surface area contributed by atoms with Crippen LogP contribution >= 0.6 is 11.6 Å². The van der Waals surface area contributed by atoms with Crippen molar-refractivity contribution >= 4 is 23.4 Å². The lowest BCUT2D eigenvalue weighted by Gasteiger charge is -2.07. The van der Waals surface area contributed by atoms with E-state index < -0.39 is 5.38 Å². The molecule has 0 aromatic heterocycles. The van der Waals surface area contributed by atoms with E-state index in [1.165, 1.54) is 5.57 Å². The number of carbonyl (C=O) groups is 1. The predicted octanol–water partition coefficient (Wildman–Crippen LogP) is 2.55. The molecule has 3 aliphatic rings. The smallest absolute Gasteiger partial charge is 0.270 e. The van der Waals surface area contributed by atoms with Gasteiger partial charge in [0.2, 0.25) is 5.38 Å². The molecule has 3 rings (SSSR count). The molecule has 0 aromatic rings. The van der Waals surface area contributed by atoms with Gasteiger partial charge in [-0.1, -0.05) is 48.1 Å². The third kappa shape index (κ3) is 1.75. The van der Waals surface area contributed by atoms with Crippen LogP contribution in [0.4, 0.5) is 0 Å². The van der Waals surface area contributed by atoms with Gasteiger partial charge in [0.1, 0.15) is 0 Å². The van der Waals surface area contributed by atoms with E-state index in [1.807, 2.05) is 30.4 Å². The van der Waals surface area contributed by atoms with Crippen molar-refractivity contribution in [2.24, 2.45) is 0 Å². The Morgan fingerprint density at radius 2 is 2.00 bits per heavy atom. The molecule has 17 heavy (non-hydrogen) atoms. The second kappa shape index (κ2) is 3.97. The van der Waals surface area contributed by atoms with Crippen LogP contribution in [0.15, 0.2) is 59.3 Å². The van der Waals surface area contributed by atoms with E-state index in [9.17, 15) is 4.79 Å². The zero-order chi connectivity index (χ0) is 11.8. The third-order valence-electron chi connectivity index (χ3n) is 2.95. The lowest BCUT2D eigenvalue weighted by molar-refractivity contribution is -0.369. The Morgan fingerprint density at radius 1 is 1.18 bits per heavy atom. The lowest BCUT2D eigenvalue weighted by Crippen LogP contribution is -2.13. The summed E-state index contributed by atoms with van der Waals surface area (Å²) < 4.78 is 5.16. The highest BCUT2D eigenvalue weighted by Crippen LogP contribution is 2.30. The predicted molar refractivity (Wildman–Crippen MR) is 66.8 cm³/mol. The quantitative estimate of drug-likeness (QED) is 0.476. The fourth-order valence-electron chi connectivity index (χ4n) is 2.15. The van der Waals surface area contributed by atoms with E-state index in [0.29, 0.717) is 5.78 Å². The zero-order valence-corrected chi connectivity index (χ0v) is 9.78. The number of halogens is 1. The number of alkyl halides is 1. The van der Waals surface area contributed by atoms with Crippen LogP contribution in [-0.4, -0.2) is 17.1 Å². The second-order valence-electron chi connectivity index (χ2n) is 4.08. The van der Waals surface area contributed by atoms with Gasteiger partial charge in [0.05, 0.1) is 10.4 Å². The molecular weight excluding hydrogens is 236 g/mol. The Morgan fingerprint density at radius 3 is 2.88 bits per heavy atom. The van der Waals surface area contributed by atoms with Gasteiger partial charge in [0.25, 0.3) is 5.78 Å². The molecule has 0 saturated heterocycles. The number of rotatable bonds is 0. The summed E-state index contributed by atoms with van der Waals surface area (Å²) in [5.74, 6) is 0.190. The van der Waals surface area contributed by atoms with Crippen LogP contribution < -0.4 is 0 Å². The molecule has 1 heterocycles. The Bertz CT molecular complexity index is 571. The standard InChI is InChI=1S/C14H10ClO2/c15-13-12-10-6-2-1-4-9(8-10)5-3-7-11(12)17-14(13)16/h1-7,13H,8H2/q+1/b7-3-,9-5-,12-10+. The topological polar surface area (TPSA) is 28.4 Å². The van der Waals surface area contributed by atoms with Gasteiger partial charge in [-0.15, -0.1) is 0 Å². The maximum atomic E-state index is 11.5. The summed E-state index contributed by atoms with van der Waals surface area (Å²) in [6.07, 6.45) is 14.5. The normalized spacial score (nSPS) is 35.4. The average molecular weight is 246 g/mol. The monoisotopic (exact) mass is 245 g/mol. The van der Waals surface area contributed by atoms with Crippen LogP contribution in [0, 0.1) is 0 Å². The molecule has 0 radical (unpaired) electrons. The van der Waals surface area contributed by atoms with Crippen molar-refractivity contribution in [3.05, 3.63) is 59.3 Å². The van der Waals surface area contributed by atoms with Crippen LogP contribution in [-0.2, 0) is 9.22 Å². The van der Waals surface area contributed by atoms with E-state index in [0.717, 1.165) is 17.6 Å². The number of carbonyl (C=O) groups excluding carboxylic acids is 2. The molecule has 0 fully saturated rings. The molecule has 2 aliphatic carbocycles. The summed E-state index contributed by atoms with van der Waals surface area (Å²) in [6.45, 7) is 0. The Labute approximate surface area is 104 Å². The molecule has 3 heteroatoms. The maximum Gasteiger partial charge on any atom is 0.603 e. The van der Waals surface area contributed by atoms with Gasteiger partial charge >= 0.3 is 5.97 Å². The minimum Gasteiger partial charge on any atom is -0.270 e. The molecule has 0 aromatic carbocycles. The van der Waals surface area contributed by atoms with Gasteiger partial charge in [-0.2, -0.15) is 0 Å². The highest BCUT2D eigenvalue weighted by Gasteiger charge is 2.44. The summed E-state index contributed by atoms with van der Waals surface area (Å²) >= 11 is 6.10. The van der Waals surface area contributed by atoms with Crippen molar-refractivity contribution in [2.45, 2.75) is 11.8 Å². The molecule has 0 spiro atoms. The van der Waals surface area contributed by atoms with Gasteiger partial charge in [-0.05, 0) is 17.6 Å². The summed E-state index contributed by atoms with van der Waals surface area (Å²) in [5.41, 5.74) is 3.04. The van der Waals surface area contributed by atoms with Crippen LogP contribution in [0.1, 0.15) is 6.42 Å². The van der Waals surface area contributed by atoms with E-state index >= 15 is 0 Å². The molecule has 2 bridgehead atoms. The van der Waals surface area contributed by atoms with Gasteiger partial charge in [-0.25, -0.2) is 0 Å². The van der Waals surface area contributed by atoms with Crippen molar-refractivity contribution < 1.29 is 9.22 Å². The molecule has 0 saturated carbocycles. The van der Waals surface area contributed by atoms with Crippen molar-refractivity contribution in [2.75, 3.05) is 0 Å². The van der Waals surface area contributed by atoms with E-state index in [2.05, 4.69) is 6.08 Å². The molecule has 1 atom stereocenters. The molecule has 84 valence electrons. The van der Waals surface area contributed by atoms with Crippen LogP contribution in [0.5, 0.6) is 0 Å². The highest BCUT2D eigenvalue weighted by atomic mass is 35.5. The Balaban J connectivity index is 2.22. The highest BCUT2D eigenvalue weighted by molar-refractivity contribution is 6.38. The largest absolute Gasteiger partial charge is 0.603 e. The van der Waals surface area contributed by atoms with Crippen LogP contribution in [0.3, 0.4) is 0 Å². The second-order valence-corrected chi connectivity index (χ2v) is 4.52. The molecule has 1 aliphatic heterocycles. The van der Waals surface area contributed by atoms with Gasteiger partial charge in [0, 0.05) is 6.08 Å². The number of hydrogen-bond donors (Lipinski definition) is 0. The minimum absolute atomic E-state index is 0.386. The number of ketones is 1. The van der Waals surface area contributed by atoms with Crippen molar-refractivity contribution in [1.29, 1.82) is 0 Å². The van der Waals surface area contributed by atoms with Crippen molar-refractivity contribution in [3.63, 3.8) is 0 Å². The van der Waals surface area contributed by atoms with Crippen molar-refractivity contribution in [1.82, 2.24) is 0 Å². The van der Waals surface area contributed by atoms with Crippen molar-refractivity contribution in [3.8, 4) is 0 Å². The number of hydrogen-bond acceptors (Lipinski definition) is 1. The third-order valence-corrected chi connectivity index (χ3v) is 3.35. The van der Waals surface area contributed by atoms with Gasteiger partial charge in [0.15, 0.2) is 0 Å². The number of allylic oxidation sites excluding steroid dienone is 9. The van der Waals surface area contributed by atoms with Gasteiger partial charge in [-0.3, -0.25) is 4.42 Å². The first kappa shape index (κ1) is 10.5. The molecule has 1 unspecified atom stereocenters. The summed E-state index contributed by atoms with van der Waals surface area (Å²) in [5, 5.41) is -0.688. The van der Waals surface area contributed by atoms with Gasteiger partial charge < -0.3 is 0 Å². The lowest BCUT2D eigenvalue weighted by atomic mass is 9.94. The fourth-order valence-corrected chi connectivity index (χ4v) is 2.44. The van der Waals surface area contributed by atoms with Crippen LogP contribution in [0.25, 0.3) is 0 Å². The fraction of sp³-hybridized carbons (Fsp3) is 0.143. The molecule has 0 amide bonds. The van der Waals surface area contributed by atoms with E-state index in [4.69, 9.17) is 16.0 Å².